The summed E-state index contributed by atoms with van der Waals surface area (Å²) in [6.45, 7) is 7.93. The molecule has 68 heavy (non-hydrogen) atoms. The van der Waals surface area contributed by atoms with Crippen molar-refractivity contribution in [1.82, 2.24) is 19.9 Å². The summed E-state index contributed by atoms with van der Waals surface area (Å²) >= 11 is 31.9. The maximum atomic E-state index is 12.5. The van der Waals surface area contributed by atoms with Gasteiger partial charge in [-0.2, -0.15) is 0 Å². The summed E-state index contributed by atoms with van der Waals surface area (Å²) in [6, 6.07) is 15.3. The molecule has 4 aromatic carbocycles. The first-order chi connectivity index (χ1) is 32.4. The van der Waals surface area contributed by atoms with Crippen molar-refractivity contribution in [3.05, 3.63) is 86.3 Å². The zero-order valence-electron chi connectivity index (χ0n) is 39.7. The van der Waals surface area contributed by atoms with Gasteiger partial charge in [-0.25, -0.2) is 19.9 Å². The van der Waals surface area contributed by atoms with Crippen LogP contribution in [0, 0.1) is 11.8 Å². The third kappa shape index (κ3) is 13.2. The molecular weight excluding hydrogens is 970 g/mol. The van der Waals surface area contributed by atoms with Crippen LogP contribution >= 0.6 is 58.0 Å². The molecule has 364 valence electrons. The van der Waals surface area contributed by atoms with Crippen LogP contribution in [-0.4, -0.2) is 72.0 Å². The number of benzene rings is 4. The van der Waals surface area contributed by atoms with Crippen LogP contribution in [-0.2, 0) is 9.53 Å². The van der Waals surface area contributed by atoms with Crippen LogP contribution in [0.5, 0.6) is 23.0 Å². The molecule has 6 aromatic rings. The Kier molecular flexibility index (Phi) is 18.5. The van der Waals surface area contributed by atoms with Crippen molar-refractivity contribution in [3.63, 3.8) is 0 Å². The number of carbonyl (C=O) groups is 1. The van der Waals surface area contributed by atoms with Crippen molar-refractivity contribution in [1.29, 1.82) is 0 Å². The van der Waals surface area contributed by atoms with Gasteiger partial charge in [-0.1, -0.05) is 91.1 Å². The predicted octanol–water partition coefficient (Wildman–Crippen LogP) is 14.1. The smallest absolute Gasteiger partial charge is 0.306 e. The Balaban J connectivity index is 0.000000206. The van der Waals surface area contributed by atoms with Gasteiger partial charge in [0.2, 0.25) is 11.2 Å². The Morgan fingerprint density at radius 3 is 1.60 bits per heavy atom. The van der Waals surface area contributed by atoms with Gasteiger partial charge in [0.1, 0.15) is 28.6 Å². The maximum Gasteiger partial charge on any atom is 0.306 e. The van der Waals surface area contributed by atoms with E-state index in [1.54, 1.807) is 38.7 Å². The number of hydrogen-bond donors (Lipinski definition) is 2. The lowest BCUT2D eigenvalue weighted by molar-refractivity contribution is -0.156. The fraction of sp³-hybridized carbons (Fsp3) is 0.431. The molecule has 0 bridgehead atoms. The molecule has 2 heterocycles. The highest BCUT2D eigenvalue weighted by Gasteiger charge is 2.30. The largest absolute Gasteiger partial charge is 0.495 e. The van der Waals surface area contributed by atoms with Crippen LogP contribution in [0.2, 0.25) is 25.4 Å². The molecule has 2 aliphatic rings. The van der Waals surface area contributed by atoms with Gasteiger partial charge in [0.05, 0.1) is 66.0 Å². The lowest BCUT2D eigenvalue weighted by Crippen LogP contribution is -2.35. The van der Waals surface area contributed by atoms with Gasteiger partial charge in [-0.05, 0) is 105 Å². The van der Waals surface area contributed by atoms with E-state index in [4.69, 9.17) is 92.4 Å². The van der Waals surface area contributed by atoms with E-state index in [2.05, 4.69) is 27.2 Å². The van der Waals surface area contributed by atoms with Crippen molar-refractivity contribution in [2.75, 3.05) is 33.8 Å². The Morgan fingerprint density at radius 1 is 0.662 bits per heavy atom. The molecule has 4 atom stereocenters. The molecule has 0 aliphatic heterocycles. The second kappa shape index (κ2) is 23.8. The van der Waals surface area contributed by atoms with Gasteiger partial charge in [0.25, 0.3) is 0 Å². The van der Waals surface area contributed by atoms with E-state index in [1.165, 1.54) is 39.9 Å². The standard InChI is InChI=1S/C28H33Cl2N3O4.C16H11Cl3N2O2.C7H15N/c1-28(2,3)37-23(34)13-16-8-6-7-9-19(16)32-27-31-15-18-12-17(10-11-20(18)33-27)24-25(29)21(35-4)14-22(36-5)26(24)30;1-22-11-6-12(23-2)15(18)13(14(11)17)8-3-4-10-9(5-8)7-20-16(19)21-10;1-6-4-2-3-5-7(6)8/h10-12,14-16,19H,6-9,13H2,1-5H3,(H,31,32,33);3-7H,1-2H3;6-7H,2-5,8H2,1H3/t16-,19?;;6-,7-/m1.0/s1. The van der Waals surface area contributed by atoms with Gasteiger partial charge in [0, 0.05) is 58.5 Å². The van der Waals surface area contributed by atoms with Gasteiger partial charge in [0.15, 0.2) is 0 Å². The van der Waals surface area contributed by atoms with E-state index in [0.29, 0.717) is 72.6 Å². The Hall–Kier alpha value is -4.56. The average Bonchev–Trinajstić information content (AvgIpc) is 3.31. The summed E-state index contributed by atoms with van der Waals surface area (Å²) < 4.78 is 27.0. The minimum absolute atomic E-state index is 0.111. The minimum atomic E-state index is -0.487. The monoisotopic (exact) mass is 1030 g/mol. The van der Waals surface area contributed by atoms with Gasteiger partial charge < -0.3 is 34.7 Å². The molecule has 2 fully saturated rings. The minimum Gasteiger partial charge on any atom is -0.495 e. The number of hydrogen-bond acceptors (Lipinski definition) is 12. The van der Waals surface area contributed by atoms with Gasteiger partial charge >= 0.3 is 5.97 Å². The van der Waals surface area contributed by atoms with Crippen molar-refractivity contribution in [2.45, 2.75) is 103 Å². The number of anilines is 1. The summed E-state index contributed by atoms with van der Waals surface area (Å²) in [7, 11) is 6.17. The number of ether oxygens (including phenoxy) is 5. The summed E-state index contributed by atoms with van der Waals surface area (Å²) in [4.78, 5) is 29.9. The molecule has 2 aromatic heterocycles. The van der Waals surface area contributed by atoms with Crippen LogP contribution in [0.15, 0.2) is 60.9 Å². The number of nitrogens with two attached hydrogens (primary N) is 1. The van der Waals surface area contributed by atoms with Crippen LogP contribution in [0.4, 0.5) is 5.95 Å². The highest BCUT2D eigenvalue weighted by atomic mass is 35.5. The molecule has 12 nitrogen and oxygen atoms in total. The first kappa shape index (κ1) is 52.8. The van der Waals surface area contributed by atoms with Gasteiger partial charge in [-0.15, -0.1) is 0 Å². The summed E-state index contributed by atoms with van der Waals surface area (Å²) in [5.74, 6) is 3.25. The fourth-order valence-electron chi connectivity index (χ4n) is 8.45. The van der Waals surface area contributed by atoms with Crippen molar-refractivity contribution >= 4 is 91.7 Å². The second-order valence-corrected chi connectivity index (χ2v) is 19.8. The predicted molar refractivity (Wildman–Crippen MR) is 277 cm³/mol. The van der Waals surface area contributed by atoms with E-state index in [-0.39, 0.29) is 23.2 Å². The second-order valence-electron chi connectivity index (χ2n) is 18.0. The van der Waals surface area contributed by atoms with E-state index >= 15 is 0 Å². The molecular formula is C51H59Cl5N6O6. The highest BCUT2D eigenvalue weighted by molar-refractivity contribution is 6.42. The van der Waals surface area contributed by atoms with Crippen molar-refractivity contribution in [3.8, 4) is 45.3 Å². The number of methoxy groups -OCH3 is 4. The van der Waals surface area contributed by atoms with Crippen LogP contribution < -0.4 is 30.0 Å². The van der Waals surface area contributed by atoms with Crippen LogP contribution in [0.1, 0.15) is 85.5 Å². The topological polar surface area (TPSA) is 153 Å². The van der Waals surface area contributed by atoms with E-state index in [1.807, 2.05) is 57.2 Å². The Labute approximate surface area is 423 Å². The van der Waals surface area contributed by atoms with Crippen LogP contribution in [0.25, 0.3) is 44.1 Å². The first-order valence-corrected chi connectivity index (χ1v) is 24.5. The average molecular weight is 1030 g/mol. The normalized spacial score (nSPS) is 18.1. The number of nitrogens with zero attached hydrogens (tertiary/aromatic N) is 4. The van der Waals surface area contributed by atoms with Crippen LogP contribution in [0.3, 0.4) is 0 Å². The molecule has 0 radical (unpaired) electrons. The summed E-state index contributed by atoms with van der Waals surface area (Å²) in [6.07, 6.45) is 13.3. The number of aromatic nitrogens is 4. The van der Waals surface area contributed by atoms with E-state index in [9.17, 15) is 4.79 Å². The van der Waals surface area contributed by atoms with E-state index < -0.39 is 5.60 Å². The number of rotatable bonds is 10. The molecule has 1 unspecified atom stereocenters. The van der Waals surface area contributed by atoms with Crippen molar-refractivity contribution in [2.24, 2.45) is 17.6 Å². The summed E-state index contributed by atoms with van der Waals surface area (Å²) in [5, 5.41) is 6.96. The molecule has 8 rings (SSSR count). The maximum absolute atomic E-state index is 12.5. The quantitative estimate of drug-likeness (QED) is 0.0992. The lowest BCUT2D eigenvalue weighted by Gasteiger charge is -2.32. The SMILES string of the molecule is COc1cc(OC)c(Cl)c(-c2ccc3nc(Cl)ncc3c2)c1Cl.COc1cc(OC)c(Cl)c(-c2ccc3nc(NC4CCCC[C@@H]4CC(=O)OC(C)(C)C)ncc3c2)c1Cl.C[C@H]1CCCC[C@@H]1N. The third-order valence-corrected chi connectivity index (χ3v) is 13.8. The number of fused-ring (bicyclic) bond motifs is 2. The molecule has 0 spiro atoms. The molecule has 0 amide bonds. The highest BCUT2D eigenvalue weighted by Crippen LogP contribution is 2.48. The molecule has 17 heteroatoms. The number of halogens is 5. The number of carbonyl (C=O) groups excluding carboxylic acids is 1. The Morgan fingerprint density at radius 2 is 1.13 bits per heavy atom. The molecule has 3 N–H and O–H groups in total. The third-order valence-electron chi connectivity index (χ3n) is 12.1. The zero-order chi connectivity index (χ0) is 49.3. The summed E-state index contributed by atoms with van der Waals surface area (Å²) in [5.41, 5.74) is 9.65. The Bertz CT molecular complexity index is 2650. The van der Waals surface area contributed by atoms with Crippen molar-refractivity contribution < 1.29 is 28.5 Å². The fourth-order valence-corrected chi connectivity index (χ4v) is 10.0. The zero-order valence-corrected chi connectivity index (χ0v) is 43.4. The number of esters is 1. The molecule has 2 saturated carbocycles. The lowest BCUT2D eigenvalue weighted by atomic mass is 9.82. The van der Waals surface area contributed by atoms with E-state index in [0.717, 1.165) is 64.5 Å². The number of nitrogens with one attached hydrogen (secondary N) is 1. The molecule has 0 saturated heterocycles. The molecule has 2 aliphatic carbocycles. The van der Waals surface area contributed by atoms with Gasteiger partial charge in [-0.3, -0.25) is 4.79 Å². The first-order valence-electron chi connectivity index (χ1n) is 22.6.